The lowest BCUT2D eigenvalue weighted by atomic mass is 10.00. The minimum absolute atomic E-state index is 0.0420. The minimum Gasteiger partial charge on any atom is -0.504 e. The number of ketones is 1. The molecule has 0 bridgehead atoms. The van der Waals surface area contributed by atoms with Gasteiger partial charge in [-0.2, -0.15) is 0 Å². The molecule has 3 rings (SSSR count). The van der Waals surface area contributed by atoms with Gasteiger partial charge in [-0.05, 0) is 35.9 Å². The third kappa shape index (κ3) is 4.45. The van der Waals surface area contributed by atoms with Crippen LogP contribution in [0.2, 0.25) is 0 Å². The summed E-state index contributed by atoms with van der Waals surface area (Å²) in [4.78, 5) is 25.8. The molecule has 3 aromatic rings. The van der Waals surface area contributed by atoms with E-state index in [1.807, 2.05) is 6.07 Å². The summed E-state index contributed by atoms with van der Waals surface area (Å²) in [6, 6.07) is 22.1. The van der Waals surface area contributed by atoms with Gasteiger partial charge in [0, 0.05) is 11.3 Å². The van der Waals surface area contributed by atoms with Crippen molar-refractivity contribution in [3.63, 3.8) is 0 Å². The average Bonchev–Trinajstić information content (AvgIpc) is 2.73. The molecular formula is C23H19NO4. The van der Waals surface area contributed by atoms with E-state index in [0.717, 1.165) is 0 Å². The lowest BCUT2D eigenvalue weighted by Crippen LogP contribution is -2.20. The maximum absolute atomic E-state index is 13.0. The van der Waals surface area contributed by atoms with Crippen molar-refractivity contribution in [3.05, 3.63) is 95.6 Å². The van der Waals surface area contributed by atoms with Crippen molar-refractivity contribution in [1.29, 1.82) is 0 Å². The van der Waals surface area contributed by atoms with Gasteiger partial charge in [0.15, 0.2) is 17.3 Å². The Labute approximate surface area is 162 Å². The normalized spacial score (nSPS) is 11.0. The van der Waals surface area contributed by atoms with E-state index < -0.39 is 11.7 Å². The summed E-state index contributed by atoms with van der Waals surface area (Å²) in [5.41, 5.74) is 1.44. The number of ether oxygens (including phenoxy) is 1. The number of aromatic hydroxyl groups is 1. The maximum atomic E-state index is 13.0. The molecule has 5 heteroatoms. The molecule has 0 aromatic heterocycles. The molecule has 0 heterocycles. The lowest BCUT2D eigenvalue weighted by molar-refractivity contribution is -0.112. The molecule has 3 aromatic carbocycles. The Balaban J connectivity index is 1.99. The Kier molecular flexibility index (Phi) is 5.87. The van der Waals surface area contributed by atoms with Crippen molar-refractivity contribution in [2.45, 2.75) is 0 Å². The van der Waals surface area contributed by atoms with E-state index in [-0.39, 0.29) is 11.3 Å². The number of carbonyl (C=O) groups excluding carboxylic acids is 2. The van der Waals surface area contributed by atoms with Gasteiger partial charge in [0.05, 0.1) is 12.7 Å². The van der Waals surface area contributed by atoms with E-state index >= 15 is 0 Å². The Morgan fingerprint density at radius 2 is 1.57 bits per heavy atom. The number of hydrogen-bond donors (Lipinski definition) is 2. The zero-order valence-corrected chi connectivity index (χ0v) is 15.3. The standard InChI is InChI=1S/C23H19NO4/c1-28-21-13-12-16(15-20(21)25)14-19(22(26)17-8-4-2-5-9-17)23(27)24-18-10-6-3-7-11-18/h2-15,25H,1H3,(H,24,27)/b19-14+. The van der Waals surface area contributed by atoms with Crippen LogP contribution in [-0.2, 0) is 4.79 Å². The van der Waals surface area contributed by atoms with Crippen LogP contribution in [0.5, 0.6) is 11.5 Å². The van der Waals surface area contributed by atoms with E-state index in [0.29, 0.717) is 22.6 Å². The van der Waals surface area contributed by atoms with E-state index in [2.05, 4.69) is 5.32 Å². The third-order valence-electron chi connectivity index (χ3n) is 4.07. The number of benzene rings is 3. The summed E-state index contributed by atoms with van der Waals surface area (Å²) in [5, 5.41) is 12.7. The summed E-state index contributed by atoms with van der Waals surface area (Å²) in [6.45, 7) is 0. The third-order valence-corrected chi connectivity index (χ3v) is 4.07. The summed E-state index contributed by atoms with van der Waals surface area (Å²) in [5.74, 6) is -0.715. The molecule has 0 unspecified atom stereocenters. The maximum Gasteiger partial charge on any atom is 0.259 e. The molecule has 0 radical (unpaired) electrons. The summed E-state index contributed by atoms with van der Waals surface area (Å²) >= 11 is 0. The topological polar surface area (TPSA) is 75.6 Å². The summed E-state index contributed by atoms with van der Waals surface area (Å²) in [7, 11) is 1.45. The molecule has 0 aliphatic heterocycles. The molecule has 1 amide bonds. The largest absolute Gasteiger partial charge is 0.504 e. The molecule has 0 aliphatic rings. The van der Waals surface area contributed by atoms with Gasteiger partial charge in [0.25, 0.3) is 5.91 Å². The van der Waals surface area contributed by atoms with Crippen molar-refractivity contribution in [3.8, 4) is 11.5 Å². The van der Waals surface area contributed by atoms with E-state index in [4.69, 9.17) is 4.74 Å². The SMILES string of the molecule is COc1ccc(/C=C(/C(=O)Nc2ccccc2)C(=O)c2ccccc2)cc1O. The Bertz CT molecular complexity index is 1010. The molecule has 0 spiro atoms. The first-order valence-electron chi connectivity index (χ1n) is 8.63. The molecule has 0 atom stereocenters. The van der Waals surface area contributed by atoms with Gasteiger partial charge < -0.3 is 15.2 Å². The van der Waals surface area contributed by atoms with Gasteiger partial charge in [-0.15, -0.1) is 0 Å². The number of carbonyl (C=O) groups is 2. The second-order valence-electron chi connectivity index (χ2n) is 6.00. The van der Waals surface area contributed by atoms with Crippen LogP contribution >= 0.6 is 0 Å². The van der Waals surface area contributed by atoms with Gasteiger partial charge in [0.2, 0.25) is 0 Å². The van der Waals surface area contributed by atoms with E-state index in [9.17, 15) is 14.7 Å². The molecule has 0 saturated heterocycles. The molecule has 0 saturated carbocycles. The first-order valence-corrected chi connectivity index (χ1v) is 8.63. The number of para-hydroxylation sites is 1. The van der Waals surface area contributed by atoms with E-state index in [1.54, 1.807) is 66.7 Å². The number of nitrogens with one attached hydrogen (secondary N) is 1. The van der Waals surface area contributed by atoms with E-state index in [1.165, 1.54) is 19.3 Å². The molecule has 28 heavy (non-hydrogen) atoms. The monoisotopic (exact) mass is 373 g/mol. The van der Waals surface area contributed by atoms with Gasteiger partial charge >= 0.3 is 0 Å². The Hall–Kier alpha value is -3.86. The Morgan fingerprint density at radius 3 is 2.18 bits per heavy atom. The number of Topliss-reactive ketones (excluding diaryl/α,β-unsaturated/α-hetero) is 1. The predicted octanol–water partition coefficient (Wildman–Crippen LogP) is 4.31. The van der Waals surface area contributed by atoms with Crippen LogP contribution in [0.25, 0.3) is 6.08 Å². The number of anilines is 1. The molecule has 2 N–H and O–H groups in total. The van der Waals surface area contributed by atoms with Crippen LogP contribution in [0.15, 0.2) is 84.4 Å². The summed E-state index contributed by atoms with van der Waals surface area (Å²) in [6.07, 6.45) is 1.45. The van der Waals surface area contributed by atoms with Gasteiger partial charge in [0.1, 0.15) is 0 Å². The first-order chi connectivity index (χ1) is 13.6. The molecular weight excluding hydrogens is 354 g/mol. The fraction of sp³-hybridized carbons (Fsp3) is 0.0435. The molecule has 140 valence electrons. The summed E-state index contributed by atoms with van der Waals surface area (Å²) < 4.78 is 5.03. The first kappa shape index (κ1) is 18.9. The number of phenols is 1. The number of phenolic OH excluding ortho intramolecular Hbond substituents is 1. The van der Waals surface area contributed by atoms with Gasteiger partial charge in [-0.1, -0.05) is 54.6 Å². The van der Waals surface area contributed by atoms with Crippen molar-refractivity contribution >= 4 is 23.5 Å². The van der Waals surface area contributed by atoms with Crippen LogP contribution in [-0.4, -0.2) is 23.9 Å². The van der Waals surface area contributed by atoms with Gasteiger partial charge in [-0.3, -0.25) is 9.59 Å². The van der Waals surface area contributed by atoms with Crippen LogP contribution in [0.4, 0.5) is 5.69 Å². The minimum atomic E-state index is -0.532. The highest BCUT2D eigenvalue weighted by Crippen LogP contribution is 2.27. The second kappa shape index (κ2) is 8.68. The zero-order valence-electron chi connectivity index (χ0n) is 15.3. The predicted molar refractivity (Wildman–Crippen MR) is 108 cm³/mol. The highest BCUT2D eigenvalue weighted by molar-refractivity contribution is 6.31. The number of methoxy groups -OCH3 is 1. The lowest BCUT2D eigenvalue weighted by Gasteiger charge is -2.10. The van der Waals surface area contributed by atoms with Crippen LogP contribution in [0.1, 0.15) is 15.9 Å². The van der Waals surface area contributed by atoms with Crippen LogP contribution in [0, 0.1) is 0 Å². The molecule has 5 nitrogen and oxygen atoms in total. The van der Waals surface area contributed by atoms with Crippen molar-refractivity contribution in [2.75, 3.05) is 12.4 Å². The number of hydrogen-bond acceptors (Lipinski definition) is 4. The van der Waals surface area contributed by atoms with Crippen molar-refractivity contribution in [2.24, 2.45) is 0 Å². The van der Waals surface area contributed by atoms with Crippen molar-refractivity contribution in [1.82, 2.24) is 0 Å². The highest BCUT2D eigenvalue weighted by Gasteiger charge is 2.20. The quantitative estimate of drug-likeness (QED) is 0.292. The fourth-order valence-corrected chi connectivity index (χ4v) is 2.66. The zero-order chi connectivity index (χ0) is 19.9. The van der Waals surface area contributed by atoms with Crippen molar-refractivity contribution < 1.29 is 19.4 Å². The van der Waals surface area contributed by atoms with Gasteiger partial charge in [-0.25, -0.2) is 0 Å². The van der Waals surface area contributed by atoms with Crippen LogP contribution in [0.3, 0.4) is 0 Å². The Morgan fingerprint density at radius 1 is 0.929 bits per heavy atom. The molecule has 0 fully saturated rings. The molecule has 0 aliphatic carbocycles. The fourth-order valence-electron chi connectivity index (χ4n) is 2.66. The smallest absolute Gasteiger partial charge is 0.259 e. The van der Waals surface area contributed by atoms with Crippen LogP contribution < -0.4 is 10.1 Å². The number of rotatable bonds is 6. The average molecular weight is 373 g/mol. The number of amides is 1. The highest BCUT2D eigenvalue weighted by atomic mass is 16.5. The second-order valence-corrected chi connectivity index (χ2v) is 6.00.